The van der Waals surface area contributed by atoms with Gasteiger partial charge >= 0.3 is 7.12 Å². The molecule has 2 fully saturated rings. The van der Waals surface area contributed by atoms with Gasteiger partial charge in [-0.15, -0.1) is 0 Å². The average Bonchev–Trinajstić information content (AvgIpc) is 3.14. The molecule has 29 heavy (non-hydrogen) atoms. The Morgan fingerprint density at radius 2 is 1.79 bits per heavy atom. The van der Waals surface area contributed by atoms with Crippen LogP contribution in [0.3, 0.4) is 0 Å². The van der Waals surface area contributed by atoms with Crippen molar-refractivity contribution in [3.8, 4) is 0 Å². The average molecular weight is 401 g/mol. The van der Waals surface area contributed by atoms with Gasteiger partial charge < -0.3 is 14.2 Å². The fourth-order valence-electron chi connectivity index (χ4n) is 4.17. The summed E-state index contributed by atoms with van der Waals surface area (Å²) in [4.78, 5) is 14.1. The molecule has 3 aliphatic rings. The second kappa shape index (κ2) is 7.06. The lowest BCUT2D eigenvalue weighted by molar-refractivity contribution is -0.117. The number of allylic oxidation sites excluding steroid dienone is 3. The van der Waals surface area contributed by atoms with E-state index in [2.05, 4.69) is 12.2 Å². The molecule has 154 valence electrons. The molecule has 2 atom stereocenters. The number of rotatable bonds is 3. The van der Waals surface area contributed by atoms with Crippen molar-refractivity contribution in [3.05, 3.63) is 53.5 Å². The van der Waals surface area contributed by atoms with Crippen LogP contribution >= 0.6 is 0 Å². The summed E-state index contributed by atoms with van der Waals surface area (Å²) in [6, 6.07) is 3.55. The predicted octanol–water partition coefficient (Wildman–Crippen LogP) is 4.59. The molecule has 2 aliphatic heterocycles. The minimum absolute atomic E-state index is 0.0601. The molecule has 2 heterocycles. The molecule has 0 bridgehead atoms. The summed E-state index contributed by atoms with van der Waals surface area (Å²) in [5, 5.41) is 0. The number of carbonyl (C=O) groups is 1. The van der Waals surface area contributed by atoms with E-state index in [-0.39, 0.29) is 17.9 Å². The van der Waals surface area contributed by atoms with Crippen LogP contribution in [0.4, 0.5) is 14.5 Å². The van der Waals surface area contributed by atoms with Crippen LogP contribution in [-0.4, -0.2) is 30.3 Å². The van der Waals surface area contributed by atoms with Crippen LogP contribution in [-0.2, 0) is 14.1 Å². The number of carbonyl (C=O) groups excluding carboxylic acids is 1. The molecule has 4 rings (SSSR count). The lowest BCUT2D eigenvalue weighted by Crippen LogP contribution is -2.41. The Hall–Kier alpha value is -1.99. The van der Waals surface area contributed by atoms with Gasteiger partial charge in [-0.05, 0) is 58.1 Å². The van der Waals surface area contributed by atoms with Crippen molar-refractivity contribution in [3.63, 3.8) is 0 Å². The Morgan fingerprint density at radius 3 is 2.38 bits per heavy atom. The fourth-order valence-corrected chi connectivity index (χ4v) is 4.17. The highest BCUT2D eigenvalue weighted by molar-refractivity contribution is 6.55. The third-order valence-corrected chi connectivity index (χ3v) is 6.62. The maximum Gasteiger partial charge on any atom is 0.494 e. The monoisotopic (exact) mass is 401 g/mol. The van der Waals surface area contributed by atoms with E-state index in [9.17, 15) is 13.6 Å². The molecular weight excluding hydrogens is 375 g/mol. The fraction of sp³-hybridized carbons (Fsp3) is 0.500. The summed E-state index contributed by atoms with van der Waals surface area (Å²) in [7, 11) is -0.412. The maximum absolute atomic E-state index is 13.7. The Balaban J connectivity index is 1.50. The van der Waals surface area contributed by atoms with Crippen LogP contribution in [0.15, 0.2) is 41.9 Å². The predicted molar refractivity (Wildman–Crippen MR) is 108 cm³/mol. The zero-order valence-electron chi connectivity index (χ0n) is 17.2. The molecule has 1 aliphatic carbocycles. The lowest BCUT2D eigenvalue weighted by atomic mass is 9.73. The van der Waals surface area contributed by atoms with Gasteiger partial charge in [0, 0.05) is 30.1 Å². The maximum atomic E-state index is 13.7. The van der Waals surface area contributed by atoms with Gasteiger partial charge in [0.05, 0.1) is 11.2 Å². The first-order valence-corrected chi connectivity index (χ1v) is 10.1. The number of anilines is 1. The van der Waals surface area contributed by atoms with Gasteiger partial charge in [-0.1, -0.05) is 18.2 Å². The SMILES string of the molecule is CC1(C)OB(C2=CCC([C@@H]3CCC(=O)N3c3ccc(F)c(F)c3)C=C2)OC1(C)C. The number of nitrogens with zero attached hydrogens (tertiary/aromatic N) is 1. The Kier molecular flexibility index (Phi) is 4.94. The van der Waals surface area contributed by atoms with Gasteiger partial charge in [0.15, 0.2) is 11.6 Å². The molecule has 2 saturated heterocycles. The van der Waals surface area contributed by atoms with Gasteiger partial charge in [0.25, 0.3) is 0 Å². The van der Waals surface area contributed by atoms with Crippen LogP contribution in [0.5, 0.6) is 0 Å². The van der Waals surface area contributed by atoms with E-state index in [1.165, 1.54) is 6.07 Å². The van der Waals surface area contributed by atoms with E-state index in [4.69, 9.17) is 9.31 Å². The number of benzene rings is 1. The van der Waals surface area contributed by atoms with Crippen LogP contribution in [0.2, 0.25) is 0 Å². The standard InChI is InChI=1S/C22H26BF2NO3/c1-21(2)22(3,4)29-23(28-21)15-7-5-14(6-8-15)19-11-12-20(27)26(19)16-9-10-17(24)18(25)13-16/h5,7-10,13-14,19H,6,11-12H2,1-4H3/t14?,19-/m0/s1. The van der Waals surface area contributed by atoms with Crippen molar-refractivity contribution in [1.82, 2.24) is 0 Å². The molecule has 1 unspecified atom stereocenters. The van der Waals surface area contributed by atoms with Gasteiger partial charge in [-0.25, -0.2) is 8.78 Å². The van der Waals surface area contributed by atoms with Gasteiger partial charge in [0.2, 0.25) is 5.91 Å². The molecule has 0 N–H and O–H groups in total. The summed E-state index contributed by atoms with van der Waals surface area (Å²) >= 11 is 0. The van der Waals surface area contributed by atoms with Crippen molar-refractivity contribution in [2.24, 2.45) is 5.92 Å². The third kappa shape index (κ3) is 3.55. The summed E-state index contributed by atoms with van der Waals surface area (Å²) < 4.78 is 39.3. The first-order valence-electron chi connectivity index (χ1n) is 10.1. The van der Waals surface area contributed by atoms with E-state index in [0.29, 0.717) is 18.5 Å². The second-order valence-corrected chi connectivity index (χ2v) is 9.02. The number of amides is 1. The van der Waals surface area contributed by atoms with Crippen LogP contribution in [0, 0.1) is 17.6 Å². The number of hydrogen-bond acceptors (Lipinski definition) is 3. The minimum atomic E-state index is -0.942. The molecule has 7 heteroatoms. The largest absolute Gasteiger partial charge is 0.494 e. The highest BCUT2D eigenvalue weighted by Gasteiger charge is 2.52. The summed E-state index contributed by atoms with van der Waals surface area (Å²) in [5.41, 5.74) is 0.587. The van der Waals surface area contributed by atoms with Gasteiger partial charge in [-0.3, -0.25) is 4.79 Å². The topological polar surface area (TPSA) is 38.8 Å². The van der Waals surface area contributed by atoms with Crippen molar-refractivity contribution < 1.29 is 22.9 Å². The van der Waals surface area contributed by atoms with Crippen molar-refractivity contribution in [2.75, 3.05) is 4.90 Å². The normalized spacial score (nSPS) is 28.2. The molecule has 0 spiro atoms. The summed E-state index contributed by atoms with van der Waals surface area (Å²) in [5.74, 6) is -1.82. The first kappa shape index (κ1) is 20.3. The number of halogens is 2. The van der Waals surface area contributed by atoms with E-state index in [1.807, 2.05) is 33.8 Å². The molecule has 1 amide bonds. The van der Waals surface area contributed by atoms with Crippen LogP contribution < -0.4 is 4.90 Å². The molecule has 0 radical (unpaired) electrons. The molecule has 0 saturated carbocycles. The van der Waals surface area contributed by atoms with E-state index in [0.717, 1.165) is 24.0 Å². The van der Waals surface area contributed by atoms with Crippen molar-refractivity contribution >= 4 is 18.7 Å². The molecule has 0 aromatic heterocycles. The Morgan fingerprint density at radius 1 is 1.10 bits per heavy atom. The van der Waals surface area contributed by atoms with E-state index < -0.39 is 30.0 Å². The molecular formula is C22H26BF2NO3. The van der Waals surface area contributed by atoms with E-state index in [1.54, 1.807) is 4.90 Å². The third-order valence-electron chi connectivity index (χ3n) is 6.62. The van der Waals surface area contributed by atoms with E-state index >= 15 is 0 Å². The van der Waals surface area contributed by atoms with Gasteiger partial charge in [0.1, 0.15) is 0 Å². The summed E-state index contributed by atoms with van der Waals surface area (Å²) in [6.45, 7) is 8.08. The lowest BCUT2D eigenvalue weighted by Gasteiger charge is -2.32. The smallest absolute Gasteiger partial charge is 0.399 e. The zero-order chi connectivity index (χ0) is 21.0. The Labute approximate surface area is 170 Å². The number of hydrogen-bond donors (Lipinski definition) is 0. The van der Waals surface area contributed by atoms with Gasteiger partial charge in [-0.2, -0.15) is 0 Å². The summed E-state index contributed by atoms with van der Waals surface area (Å²) in [6.07, 6.45) is 8.00. The minimum Gasteiger partial charge on any atom is -0.399 e. The Bertz CT molecular complexity index is 880. The second-order valence-electron chi connectivity index (χ2n) is 9.02. The van der Waals surface area contributed by atoms with Crippen molar-refractivity contribution in [1.29, 1.82) is 0 Å². The highest BCUT2D eigenvalue weighted by Crippen LogP contribution is 2.41. The molecule has 1 aromatic rings. The first-order chi connectivity index (χ1) is 13.6. The van der Waals surface area contributed by atoms with Crippen molar-refractivity contribution in [2.45, 2.75) is 64.2 Å². The highest BCUT2D eigenvalue weighted by atomic mass is 19.2. The van der Waals surface area contributed by atoms with Crippen LogP contribution in [0.1, 0.15) is 47.0 Å². The van der Waals surface area contributed by atoms with Crippen LogP contribution in [0.25, 0.3) is 0 Å². The zero-order valence-corrected chi connectivity index (χ0v) is 17.2. The quantitative estimate of drug-likeness (QED) is 0.696. The molecule has 1 aromatic carbocycles. The molecule has 4 nitrogen and oxygen atoms in total.